The van der Waals surface area contributed by atoms with Crippen molar-refractivity contribution >= 4 is 45.0 Å². The number of hydrogen-bond acceptors (Lipinski definition) is 10. The fourth-order valence-electron chi connectivity index (χ4n) is 6.10. The van der Waals surface area contributed by atoms with Crippen molar-refractivity contribution < 1.29 is 49.8 Å². The molecule has 266 valence electrons. The first kappa shape index (κ1) is 37.3. The number of benzene rings is 3. The van der Waals surface area contributed by atoms with Gasteiger partial charge in [0.25, 0.3) is 11.8 Å². The Kier molecular flexibility index (Phi) is 11.9. The van der Waals surface area contributed by atoms with Gasteiger partial charge in [0.2, 0.25) is 5.91 Å². The lowest BCUT2D eigenvalue weighted by Crippen LogP contribution is -2.60. The number of aliphatic hydroxyl groups is 6. The Morgan fingerprint density at radius 3 is 2.38 bits per heavy atom. The summed E-state index contributed by atoms with van der Waals surface area (Å²) in [4.78, 5) is 42.8. The van der Waals surface area contributed by atoms with Crippen molar-refractivity contribution in [3.05, 3.63) is 106 Å². The minimum Gasteiger partial charge on any atom is -0.395 e. The van der Waals surface area contributed by atoms with Crippen molar-refractivity contribution in [2.24, 2.45) is 5.92 Å². The first-order valence-electron chi connectivity index (χ1n) is 16.1. The number of nitrogens with zero attached hydrogens (tertiary/aromatic N) is 2. The number of hydrogen-bond donors (Lipinski definition) is 7. The summed E-state index contributed by atoms with van der Waals surface area (Å²) in [6.45, 7) is 2.10. The van der Waals surface area contributed by atoms with E-state index in [9.17, 15) is 45.0 Å². The molecule has 7 N–H and O–H groups in total. The molecule has 0 radical (unpaired) electrons. The quantitative estimate of drug-likeness (QED) is 0.133. The van der Waals surface area contributed by atoms with Crippen molar-refractivity contribution in [1.82, 2.24) is 4.90 Å². The molecule has 7 atom stereocenters. The molecule has 14 heteroatoms. The Hall–Kier alpha value is -3.99. The number of carbonyl (C=O) groups excluding carboxylic acids is 3. The number of halogens is 1. The van der Waals surface area contributed by atoms with Gasteiger partial charge in [0, 0.05) is 41.2 Å². The molecule has 0 aliphatic carbocycles. The summed E-state index contributed by atoms with van der Waals surface area (Å²) in [6.07, 6.45) is -5.55. The standard InChI is InChI=1S/C36H40BrN3O10/c1-21(6-5-9-28(42)39(16-17-41)19-22-7-3-2-4-8-22)36(49)26-18-24(37)12-15-27(26)40(35(36)48)20-23-10-13-25(14-11-23)38-33(46)32-30(44)29(43)31(45)34(47)50-32/h2-8,10-15,18,21,29-32,34,41,43-45,47,49H,9,16-17,19-20H2,1H3,(H,38,46)/b6-5+/t21-,29-,30-,31+,32-,34+,36+/m0/s1. The van der Waals surface area contributed by atoms with Crippen LogP contribution < -0.4 is 10.2 Å². The summed E-state index contributed by atoms with van der Waals surface area (Å²) in [5.41, 5.74) is 0.854. The normalized spacial score (nSPS) is 25.4. The van der Waals surface area contributed by atoms with E-state index in [0.717, 1.165) is 5.56 Å². The first-order chi connectivity index (χ1) is 23.8. The molecule has 2 heterocycles. The zero-order chi connectivity index (χ0) is 36.2. The van der Waals surface area contributed by atoms with Crippen LogP contribution in [0, 0.1) is 5.92 Å². The zero-order valence-electron chi connectivity index (χ0n) is 27.2. The average Bonchev–Trinajstić information content (AvgIpc) is 3.31. The predicted octanol–water partition coefficient (Wildman–Crippen LogP) is 1.53. The Balaban J connectivity index is 1.27. The lowest BCUT2D eigenvalue weighted by molar-refractivity contribution is -0.274. The number of aliphatic hydroxyl groups excluding tert-OH is 5. The topological polar surface area (TPSA) is 200 Å². The van der Waals surface area contributed by atoms with Crippen LogP contribution in [-0.4, -0.2) is 97.1 Å². The molecular weight excluding hydrogens is 714 g/mol. The molecule has 50 heavy (non-hydrogen) atoms. The Bertz CT molecular complexity index is 1710. The predicted molar refractivity (Wildman–Crippen MR) is 185 cm³/mol. The van der Waals surface area contributed by atoms with Crippen LogP contribution in [0.3, 0.4) is 0 Å². The third kappa shape index (κ3) is 7.82. The lowest BCUT2D eigenvalue weighted by atomic mass is 9.83. The van der Waals surface area contributed by atoms with Crippen molar-refractivity contribution in [1.29, 1.82) is 0 Å². The summed E-state index contributed by atoms with van der Waals surface area (Å²) < 4.78 is 5.64. The van der Waals surface area contributed by atoms with E-state index in [-0.39, 0.29) is 32.0 Å². The SMILES string of the molecule is C[C@@H](/C=C/CC(=O)N(CCO)Cc1ccccc1)[C@]1(O)C(=O)N(Cc2ccc(NC(=O)[C@H]3O[C@@H](O)[C@H](O)[C@@H](O)[C@@H]3O)cc2)c2ccc(Br)cc21. The maximum absolute atomic E-state index is 14.0. The van der Waals surface area contributed by atoms with Crippen LogP contribution in [-0.2, 0) is 37.8 Å². The van der Waals surface area contributed by atoms with Gasteiger partial charge < -0.3 is 50.5 Å². The van der Waals surface area contributed by atoms with Gasteiger partial charge in [0.1, 0.15) is 18.3 Å². The number of amides is 3. The molecule has 13 nitrogen and oxygen atoms in total. The number of fused-ring (bicyclic) bond motifs is 1. The zero-order valence-corrected chi connectivity index (χ0v) is 28.8. The minimum absolute atomic E-state index is 0.00827. The van der Waals surface area contributed by atoms with E-state index < -0.39 is 54.0 Å². The highest BCUT2D eigenvalue weighted by molar-refractivity contribution is 9.10. The second-order valence-corrected chi connectivity index (χ2v) is 13.3. The number of anilines is 2. The summed E-state index contributed by atoms with van der Waals surface area (Å²) >= 11 is 3.44. The highest BCUT2D eigenvalue weighted by Crippen LogP contribution is 2.46. The molecule has 3 amide bonds. The van der Waals surface area contributed by atoms with Crippen LogP contribution in [0.15, 0.2) is 89.4 Å². The molecule has 0 bridgehead atoms. The lowest BCUT2D eigenvalue weighted by Gasteiger charge is -2.37. The second-order valence-electron chi connectivity index (χ2n) is 12.4. The van der Waals surface area contributed by atoms with Gasteiger partial charge in [-0.05, 0) is 41.5 Å². The van der Waals surface area contributed by atoms with E-state index in [4.69, 9.17) is 4.74 Å². The summed E-state index contributed by atoms with van der Waals surface area (Å²) in [5, 5.41) is 63.5. The molecule has 3 aromatic rings. The summed E-state index contributed by atoms with van der Waals surface area (Å²) in [7, 11) is 0. The van der Waals surface area contributed by atoms with Gasteiger partial charge in [-0.25, -0.2) is 0 Å². The van der Waals surface area contributed by atoms with Gasteiger partial charge in [-0.1, -0.05) is 77.5 Å². The Labute approximate surface area is 297 Å². The molecule has 0 unspecified atom stereocenters. The van der Waals surface area contributed by atoms with E-state index in [2.05, 4.69) is 21.2 Å². The van der Waals surface area contributed by atoms with E-state index in [1.807, 2.05) is 30.3 Å². The smallest absolute Gasteiger partial charge is 0.264 e. The van der Waals surface area contributed by atoms with Crippen molar-refractivity contribution in [2.75, 3.05) is 23.4 Å². The van der Waals surface area contributed by atoms with Gasteiger partial charge >= 0.3 is 0 Å². The fraction of sp³-hybridized carbons (Fsp3) is 0.361. The molecule has 3 aromatic carbocycles. The maximum Gasteiger partial charge on any atom is 0.264 e. The fourth-order valence-corrected chi connectivity index (χ4v) is 6.46. The first-order valence-corrected chi connectivity index (χ1v) is 16.9. The monoisotopic (exact) mass is 753 g/mol. The maximum atomic E-state index is 14.0. The molecule has 0 saturated carbocycles. The molecule has 2 aliphatic heterocycles. The third-order valence-corrected chi connectivity index (χ3v) is 9.45. The van der Waals surface area contributed by atoms with Crippen LogP contribution in [0.5, 0.6) is 0 Å². The molecule has 5 rings (SSSR count). The van der Waals surface area contributed by atoms with Crippen LogP contribution in [0.4, 0.5) is 11.4 Å². The molecule has 0 aromatic heterocycles. The summed E-state index contributed by atoms with van der Waals surface area (Å²) in [6, 6.07) is 21.1. The molecule has 1 saturated heterocycles. The largest absolute Gasteiger partial charge is 0.395 e. The van der Waals surface area contributed by atoms with E-state index >= 15 is 0 Å². The number of carbonyl (C=O) groups is 3. The van der Waals surface area contributed by atoms with Crippen molar-refractivity contribution in [3.63, 3.8) is 0 Å². The molecular formula is C36H40BrN3O10. The van der Waals surface area contributed by atoms with Gasteiger partial charge in [0.15, 0.2) is 18.0 Å². The van der Waals surface area contributed by atoms with Crippen molar-refractivity contribution in [3.8, 4) is 0 Å². The van der Waals surface area contributed by atoms with E-state index in [1.165, 1.54) is 4.90 Å². The Morgan fingerprint density at radius 2 is 1.70 bits per heavy atom. The molecule has 1 fully saturated rings. The van der Waals surface area contributed by atoms with Gasteiger partial charge in [-0.15, -0.1) is 0 Å². The van der Waals surface area contributed by atoms with Crippen LogP contribution in [0.2, 0.25) is 0 Å². The minimum atomic E-state index is -1.94. The Morgan fingerprint density at radius 1 is 1.00 bits per heavy atom. The van der Waals surface area contributed by atoms with Gasteiger partial charge in [-0.3, -0.25) is 14.4 Å². The number of rotatable bonds is 12. The van der Waals surface area contributed by atoms with Crippen LogP contribution >= 0.6 is 15.9 Å². The van der Waals surface area contributed by atoms with Crippen LogP contribution in [0.25, 0.3) is 0 Å². The highest BCUT2D eigenvalue weighted by atomic mass is 79.9. The number of ether oxygens (including phenoxy) is 1. The molecule has 2 aliphatic rings. The highest BCUT2D eigenvalue weighted by Gasteiger charge is 2.52. The van der Waals surface area contributed by atoms with E-state index in [1.54, 1.807) is 66.4 Å². The van der Waals surface area contributed by atoms with E-state index in [0.29, 0.717) is 33.5 Å². The van der Waals surface area contributed by atoms with Gasteiger partial charge in [0.05, 0.1) is 18.8 Å². The van der Waals surface area contributed by atoms with Crippen LogP contribution in [0.1, 0.15) is 30.0 Å². The second kappa shape index (κ2) is 15.9. The average molecular weight is 755 g/mol. The third-order valence-electron chi connectivity index (χ3n) is 8.96. The van der Waals surface area contributed by atoms with Gasteiger partial charge in [-0.2, -0.15) is 0 Å². The molecule has 0 spiro atoms. The number of nitrogens with one attached hydrogen (secondary N) is 1. The van der Waals surface area contributed by atoms with Crippen molar-refractivity contribution in [2.45, 2.75) is 62.7 Å². The summed E-state index contributed by atoms with van der Waals surface area (Å²) in [5.74, 6) is -2.35.